The van der Waals surface area contributed by atoms with Gasteiger partial charge in [0.25, 0.3) is 0 Å². The van der Waals surface area contributed by atoms with E-state index >= 15 is 0 Å². The quantitative estimate of drug-likeness (QED) is 0.928. The summed E-state index contributed by atoms with van der Waals surface area (Å²) in [7, 11) is 2.82. The summed E-state index contributed by atoms with van der Waals surface area (Å²) in [6, 6.07) is 1.01. The molecule has 0 spiro atoms. The van der Waals surface area contributed by atoms with Crippen molar-refractivity contribution in [1.82, 2.24) is 9.78 Å². The summed E-state index contributed by atoms with van der Waals surface area (Å²) in [6.45, 7) is 0. The van der Waals surface area contributed by atoms with Crippen LogP contribution in [0.3, 0.4) is 0 Å². The first-order chi connectivity index (χ1) is 8.95. The normalized spacial score (nSPS) is 12.5. The zero-order valence-electron chi connectivity index (χ0n) is 10.2. The Kier molecular flexibility index (Phi) is 3.48. The van der Waals surface area contributed by atoms with Gasteiger partial charge in [0.2, 0.25) is 0 Å². The molecule has 1 N–H and O–H groups in total. The number of hydrogen-bond acceptors (Lipinski definition) is 3. The molecular formula is C12H11F3N2O2. The zero-order valence-corrected chi connectivity index (χ0v) is 10.2. The molecule has 1 heterocycles. The molecule has 0 saturated heterocycles. The Hall–Kier alpha value is -2.02. The van der Waals surface area contributed by atoms with Crippen LogP contribution in [0.2, 0.25) is 0 Å². The summed E-state index contributed by atoms with van der Waals surface area (Å²) in [5.41, 5.74) is -0.574. The Bertz CT molecular complexity index is 590. The van der Waals surface area contributed by atoms with Gasteiger partial charge in [-0.3, -0.25) is 4.68 Å². The first-order valence-corrected chi connectivity index (χ1v) is 5.34. The summed E-state index contributed by atoms with van der Waals surface area (Å²) >= 11 is 0. The number of ether oxygens (including phenoxy) is 1. The van der Waals surface area contributed by atoms with Crippen LogP contribution < -0.4 is 4.74 Å². The second-order valence-corrected chi connectivity index (χ2v) is 3.91. The maximum Gasteiger partial charge on any atom is 0.162 e. The second-order valence-electron chi connectivity index (χ2n) is 3.91. The van der Waals surface area contributed by atoms with Crippen molar-refractivity contribution < 1.29 is 23.0 Å². The van der Waals surface area contributed by atoms with Gasteiger partial charge in [-0.15, -0.1) is 0 Å². The molecule has 1 unspecified atom stereocenters. The lowest BCUT2D eigenvalue weighted by Crippen LogP contribution is -2.12. The largest absolute Gasteiger partial charge is 0.493 e. The summed E-state index contributed by atoms with van der Waals surface area (Å²) in [4.78, 5) is 0. The molecule has 4 nitrogen and oxygen atoms in total. The molecule has 1 aromatic carbocycles. The number of aryl methyl sites for hydroxylation is 1. The summed E-state index contributed by atoms with van der Waals surface area (Å²) in [5, 5.41) is 13.9. The molecule has 102 valence electrons. The molecule has 0 aliphatic carbocycles. The zero-order chi connectivity index (χ0) is 14.2. The van der Waals surface area contributed by atoms with Crippen LogP contribution in [0, 0.1) is 17.5 Å². The number of aliphatic hydroxyl groups is 1. The highest BCUT2D eigenvalue weighted by Crippen LogP contribution is 2.32. The molecule has 0 saturated carbocycles. The van der Waals surface area contributed by atoms with E-state index in [2.05, 4.69) is 5.10 Å². The van der Waals surface area contributed by atoms with E-state index in [0.717, 1.165) is 0 Å². The number of benzene rings is 1. The van der Waals surface area contributed by atoms with Crippen molar-refractivity contribution in [3.63, 3.8) is 0 Å². The first kappa shape index (κ1) is 13.4. The van der Waals surface area contributed by atoms with Gasteiger partial charge in [-0.25, -0.2) is 13.2 Å². The van der Waals surface area contributed by atoms with Gasteiger partial charge in [0.15, 0.2) is 5.75 Å². The minimum atomic E-state index is -1.65. The van der Waals surface area contributed by atoms with Crippen LogP contribution in [0.5, 0.6) is 5.75 Å². The van der Waals surface area contributed by atoms with Crippen LogP contribution in [-0.4, -0.2) is 22.0 Å². The third kappa shape index (κ3) is 2.28. The fourth-order valence-electron chi connectivity index (χ4n) is 1.85. The minimum Gasteiger partial charge on any atom is -0.493 e. The van der Waals surface area contributed by atoms with Crippen LogP contribution in [0.25, 0.3) is 0 Å². The van der Waals surface area contributed by atoms with Gasteiger partial charge in [-0.05, 0) is 0 Å². The molecule has 0 bridgehead atoms. The minimum absolute atomic E-state index is 0.0758. The molecular weight excluding hydrogens is 261 g/mol. The van der Waals surface area contributed by atoms with Gasteiger partial charge in [-0.2, -0.15) is 5.10 Å². The molecule has 0 aliphatic rings. The molecule has 1 aromatic heterocycles. The summed E-state index contributed by atoms with van der Waals surface area (Å²) < 4.78 is 46.2. The average molecular weight is 272 g/mol. The number of nitrogens with zero attached hydrogens (tertiary/aromatic N) is 2. The monoisotopic (exact) mass is 272 g/mol. The SMILES string of the molecule is COc1cnn(C)c1C(O)c1c(F)cc(F)cc1F. The lowest BCUT2D eigenvalue weighted by atomic mass is 10.0. The number of aromatic nitrogens is 2. The fourth-order valence-corrected chi connectivity index (χ4v) is 1.85. The standard InChI is InChI=1S/C12H11F3N2O2/c1-17-11(9(19-2)5-16-17)12(18)10-7(14)3-6(13)4-8(10)15/h3-5,12,18H,1-2H3. The number of halogens is 3. The topological polar surface area (TPSA) is 47.3 Å². The van der Waals surface area contributed by atoms with Crippen LogP contribution in [-0.2, 0) is 7.05 Å². The fraction of sp³-hybridized carbons (Fsp3) is 0.250. The van der Waals surface area contributed by atoms with E-state index in [4.69, 9.17) is 4.74 Å². The van der Waals surface area contributed by atoms with E-state index in [1.54, 1.807) is 0 Å². The maximum atomic E-state index is 13.6. The van der Waals surface area contributed by atoms with Crippen molar-refractivity contribution in [2.24, 2.45) is 7.05 Å². The Morgan fingerprint density at radius 2 is 1.84 bits per heavy atom. The average Bonchev–Trinajstić information content (AvgIpc) is 2.68. The molecule has 2 aromatic rings. The van der Waals surface area contributed by atoms with Gasteiger partial charge >= 0.3 is 0 Å². The van der Waals surface area contributed by atoms with E-state index in [9.17, 15) is 18.3 Å². The predicted octanol–water partition coefficient (Wildman–Crippen LogP) is 1.93. The van der Waals surface area contributed by atoms with Crippen molar-refractivity contribution in [2.75, 3.05) is 7.11 Å². The van der Waals surface area contributed by atoms with E-state index in [0.29, 0.717) is 12.1 Å². The Morgan fingerprint density at radius 1 is 1.26 bits per heavy atom. The van der Waals surface area contributed by atoms with Crippen LogP contribution >= 0.6 is 0 Å². The second kappa shape index (κ2) is 4.93. The van der Waals surface area contributed by atoms with Gasteiger partial charge in [0.1, 0.15) is 29.2 Å². The van der Waals surface area contributed by atoms with Gasteiger partial charge in [-0.1, -0.05) is 0 Å². The van der Waals surface area contributed by atoms with Crippen molar-refractivity contribution in [3.05, 3.63) is 47.0 Å². The number of rotatable bonds is 3. The third-order valence-electron chi connectivity index (χ3n) is 2.75. The summed E-state index contributed by atoms with van der Waals surface area (Å²) in [5.74, 6) is -3.22. The van der Waals surface area contributed by atoms with Gasteiger partial charge in [0.05, 0.1) is 18.9 Å². The molecule has 1 atom stereocenters. The highest BCUT2D eigenvalue weighted by Gasteiger charge is 2.26. The van der Waals surface area contributed by atoms with Crippen molar-refractivity contribution in [3.8, 4) is 5.75 Å². The number of hydrogen-bond donors (Lipinski definition) is 1. The maximum absolute atomic E-state index is 13.6. The van der Waals surface area contributed by atoms with Crippen molar-refractivity contribution >= 4 is 0 Å². The molecule has 0 radical (unpaired) electrons. The third-order valence-corrected chi connectivity index (χ3v) is 2.75. The predicted molar refractivity (Wildman–Crippen MR) is 60.1 cm³/mol. The van der Waals surface area contributed by atoms with Crippen molar-refractivity contribution in [2.45, 2.75) is 6.10 Å². The molecule has 7 heteroatoms. The molecule has 2 rings (SSSR count). The van der Waals surface area contributed by atoms with Gasteiger partial charge in [0, 0.05) is 19.2 Å². The molecule has 0 aliphatic heterocycles. The van der Waals surface area contributed by atoms with Crippen molar-refractivity contribution in [1.29, 1.82) is 0 Å². The smallest absolute Gasteiger partial charge is 0.162 e. The lowest BCUT2D eigenvalue weighted by Gasteiger charge is -2.15. The Morgan fingerprint density at radius 3 is 2.37 bits per heavy atom. The molecule has 0 amide bonds. The molecule has 19 heavy (non-hydrogen) atoms. The van der Waals surface area contributed by atoms with E-state index < -0.39 is 29.1 Å². The Balaban J connectivity index is 2.56. The van der Waals surface area contributed by atoms with Crippen LogP contribution in [0.4, 0.5) is 13.2 Å². The first-order valence-electron chi connectivity index (χ1n) is 5.34. The summed E-state index contributed by atoms with van der Waals surface area (Å²) in [6.07, 6.45) is -0.346. The van der Waals surface area contributed by atoms with E-state index in [1.807, 2.05) is 0 Å². The highest BCUT2D eigenvalue weighted by molar-refractivity contribution is 5.36. The highest BCUT2D eigenvalue weighted by atomic mass is 19.1. The van der Waals surface area contributed by atoms with Crippen LogP contribution in [0.15, 0.2) is 18.3 Å². The molecule has 0 fully saturated rings. The van der Waals surface area contributed by atoms with Gasteiger partial charge < -0.3 is 9.84 Å². The van der Waals surface area contributed by atoms with E-state index in [-0.39, 0.29) is 11.4 Å². The number of methoxy groups -OCH3 is 1. The number of aliphatic hydroxyl groups excluding tert-OH is 1. The Labute approximate surface area is 107 Å². The van der Waals surface area contributed by atoms with E-state index in [1.165, 1.54) is 25.0 Å². The lowest BCUT2D eigenvalue weighted by molar-refractivity contribution is 0.193. The van der Waals surface area contributed by atoms with Crippen LogP contribution in [0.1, 0.15) is 17.4 Å².